The Hall–Kier alpha value is 1.18. The van der Waals surface area contributed by atoms with Crippen LogP contribution in [0.25, 0.3) is 0 Å². The van der Waals surface area contributed by atoms with Gasteiger partial charge in [-0.3, -0.25) is 0 Å². The van der Waals surface area contributed by atoms with E-state index in [1.54, 1.807) is 0 Å². The fraction of sp³-hybridized carbons (Fsp3) is 0. The van der Waals surface area contributed by atoms with Crippen molar-refractivity contribution in [2.45, 2.75) is 0 Å². The van der Waals surface area contributed by atoms with Gasteiger partial charge in [0.1, 0.15) is 0 Å². The van der Waals surface area contributed by atoms with Crippen LogP contribution >= 0.6 is 0 Å². The van der Waals surface area contributed by atoms with Gasteiger partial charge in [0.05, 0.1) is 0 Å². The van der Waals surface area contributed by atoms with Crippen molar-refractivity contribution in [3.8, 4) is 0 Å². The van der Waals surface area contributed by atoms with E-state index >= 15 is 0 Å². The third kappa shape index (κ3) is 65.2. The summed E-state index contributed by atoms with van der Waals surface area (Å²) in [4.78, 5) is 0. The van der Waals surface area contributed by atoms with Crippen molar-refractivity contribution < 1.29 is 69.1 Å². The molecule has 0 aromatic rings. The first-order valence-electron chi connectivity index (χ1n) is 0. The molecule has 44 valence electrons. The van der Waals surface area contributed by atoms with Crippen molar-refractivity contribution in [2.75, 3.05) is 0 Å². The van der Waals surface area contributed by atoms with Crippen LogP contribution < -0.4 is 0 Å². The van der Waals surface area contributed by atoms with Crippen molar-refractivity contribution in [3.05, 3.63) is 0 Å². The van der Waals surface area contributed by atoms with Gasteiger partial charge in [0, 0.05) is 41.7 Å². The molecule has 0 aromatic heterocycles. The summed E-state index contributed by atoms with van der Waals surface area (Å²) < 4.78 is 0. The molecule has 0 aliphatic rings. The van der Waals surface area contributed by atoms with Crippen LogP contribution in [0.2, 0.25) is 0 Å². The van der Waals surface area contributed by atoms with Gasteiger partial charge in [-0.25, -0.2) is 0 Å². The molecule has 0 heterocycles. The monoisotopic (exact) mass is 230 g/mol. The van der Waals surface area contributed by atoms with E-state index < -0.39 is 0 Å². The molecule has 0 bridgehead atoms. The van der Waals surface area contributed by atoms with E-state index in [1.807, 2.05) is 0 Å². The average molecular weight is 230 g/mol. The van der Waals surface area contributed by atoms with Gasteiger partial charge in [-0.1, -0.05) is 0 Å². The number of rotatable bonds is 0. The summed E-state index contributed by atoms with van der Waals surface area (Å²) in [6.45, 7) is 0. The summed E-state index contributed by atoms with van der Waals surface area (Å²) in [7, 11) is 0. The third-order valence-electron chi connectivity index (χ3n) is 0. The second kappa shape index (κ2) is 120. The molecular weight excluding hydrogens is 220 g/mol. The van der Waals surface area contributed by atoms with Gasteiger partial charge in [0.25, 0.3) is 0 Å². The van der Waals surface area contributed by atoms with E-state index in [-0.39, 0.29) is 69.1 Å². The van der Waals surface area contributed by atoms with E-state index in [0.717, 1.165) is 0 Å². The Balaban J connectivity index is 0. The summed E-state index contributed by atoms with van der Waals surface area (Å²) in [5, 5.41) is 0. The molecule has 0 rings (SSSR count). The van der Waals surface area contributed by atoms with Crippen molar-refractivity contribution in [1.82, 2.24) is 0 Å². The Morgan fingerprint density at radius 3 is 0.333 bits per heavy atom. The van der Waals surface area contributed by atoms with Gasteiger partial charge < -0.3 is 27.4 Å². The minimum absolute atomic E-state index is 0. The average Bonchev–Trinajstić information content (AvgIpc) is 0. The molecular formula is H10CeO5. The van der Waals surface area contributed by atoms with E-state index in [0.29, 0.717) is 0 Å². The topological polar surface area (TPSA) is 158 Å². The normalized spacial score (nSPS) is 0. The summed E-state index contributed by atoms with van der Waals surface area (Å²) in [5.41, 5.74) is 0. The van der Waals surface area contributed by atoms with Gasteiger partial charge in [-0.15, -0.1) is 0 Å². The van der Waals surface area contributed by atoms with Crippen LogP contribution in [0.4, 0.5) is 0 Å². The van der Waals surface area contributed by atoms with Gasteiger partial charge in [0.2, 0.25) is 0 Å². The SMILES string of the molecule is O.O.O.O.O.[Ce]. The molecule has 0 aromatic carbocycles. The number of hydrogen-bond donors (Lipinski definition) is 0. The first-order valence-corrected chi connectivity index (χ1v) is 0. The molecule has 0 amide bonds. The fourth-order valence-electron chi connectivity index (χ4n) is 0. The molecule has 0 aliphatic heterocycles. The van der Waals surface area contributed by atoms with E-state index in [1.165, 1.54) is 0 Å². The second-order valence-electron chi connectivity index (χ2n) is 0. The Morgan fingerprint density at radius 1 is 0.333 bits per heavy atom. The molecule has 0 radical (unpaired) electrons. The second-order valence-corrected chi connectivity index (χ2v) is 0. The summed E-state index contributed by atoms with van der Waals surface area (Å²) >= 11 is 0. The van der Waals surface area contributed by atoms with Crippen molar-refractivity contribution >= 4 is 0 Å². The molecule has 0 unspecified atom stereocenters. The van der Waals surface area contributed by atoms with Crippen LogP contribution in [-0.2, 0) is 0 Å². The largest absolute Gasteiger partial charge is 0.412 e. The molecule has 0 saturated heterocycles. The van der Waals surface area contributed by atoms with Crippen LogP contribution in [-0.4, -0.2) is 27.4 Å². The molecule has 6 heavy (non-hydrogen) atoms. The summed E-state index contributed by atoms with van der Waals surface area (Å²) in [6.07, 6.45) is 0. The predicted molar refractivity (Wildman–Crippen MR) is 18.1 cm³/mol. The van der Waals surface area contributed by atoms with Gasteiger partial charge in [-0.2, -0.15) is 0 Å². The van der Waals surface area contributed by atoms with E-state index in [4.69, 9.17) is 0 Å². The van der Waals surface area contributed by atoms with Crippen LogP contribution in [0.15, 0.2) is 0 Å². The van der Waals surface area contributed by atoms with Crippen LogP contribution in [0, 0.1) is 41.7 Å². The standard InChI is InChI=1S/Ce.5H2O/h;5*1H2. The van der Waals surface area contributed by atoms with Crippen molar-refractivity contribution in [3.63, 3.8) is 0 Å². The van der Waals surface area contributed by atoms with E-state index in [2.05, 4.69) is 0 Å². The maximum atomic E-state index is 0. The molecule has 5 nitrogen and oxygen atoms in total. The zero-order chi connectivity index (χ0) is 0. The maximum Gasteiger partial charge on any atom is 0 e. The first kappa shape index (κ1) is 198. The zero-order valence-electron chi connectivity index (χ0n) is 3.00. The molecule has 0 fully saturated rings. The Bertz CT molecular complexity index is 3.90. The molecule has 10 N–H and O–H groups in total. The minimum Gasteiger partial charge on any atom is -0.412 e. The number of hydrogen-bond acceptors (Lipinski definition) is 0. The van der Waals surface area contributed by atoms with Crippen molar-refractivity contribution in [2.24, 2.45) is 0 Å². The van der Waals surface area contributed by atoms with Gasteiger partial charge >= 0.3 is 0 Å². The molecule has 0 saturated carbocycles. The van der Waals surface area contributed by atoms with Gasteiger partial charge in [-0.05, 0) is 0 Å². The minimum atomic E-state index is 0. The molecule has 0 spiro atoms. The van der Waals surface area contributed by atoms with Crippen LogP contribution in [0.5, 0.6) is 0 Å². The predicted octanol–water partition coefficient (Wildman–Crippen LogP) is -4.12. The Morgan fingerprint density at radius 2 is 0.333 bits per heavy atom. The third-order valence-corrected chi connectivity index (χ3v) is 0. The quantitative estimate of drug-likeness (QED) is 0.396. The Labute approximate surface area is 68.7 Å². The van der Waals surface area contributed by atoms with Gasteiger partial charge in [0.15, 0.2) is 0 Å². The summed E-state index contributed by atoms with van der Waals surface area (Å²) in [5.74, 6) is 0. The van der Waals surface area contributed by atoms with Crippen LogP contribution in [0.3, 0.4) is 0 Å². The first-order chi connectivity index (χ1) is 0. The smallest absolute Gasteiger partial charge is 0 e. The molecule has 6 heteroatoms. The summed E-state index contributed by atoms with van der Waals surface area (Å²) in [6, 6.07) is 0. The fourth-order valence-corrected chi connectivity index (χ4v) is 0. The van der Waals surface area contributed by atoms with E-state index in [9.17, 15) is 0 Å². The van der Waals surface area contributed by atoms with Crippen molar-refractivity contribution in [1.29, 1.82) is 0 Å². The maximum absolute atomic E-state index is 0. The molecule has 0 aliphatic carbocycles. The zero-order valence-corrected chi connectivity index (χ0v) is 6.14. The van der Waals surface area contributed by atoms with Crippen LogP contribution in [0.1, 0.15) is 0 Å². The Kier molecular flexibility index (Phi) is 3940. The molecule has 0 atom stereocenters.